The van der Waals surface area contributed by atoms with Gasteiger partial charge in [0, 0.05) is 12.3 Å². The third-order valence-electron chi connectivity index (χ3n) is 3.44. The van der Waals surface area contributed by atoms with E-state index in [4.69, 9.17) is 13.7 Å². The van der Waals surface area contributed by atoms with Gasteiger partial charge in [-0.15, -0.1) is 0 Å². The Morgan fingerprint density at radius 1 is 1.38 bits per heavy atom. The molecule has 0 amide bonds. The van der Waals surface area contributed by atoms with E-state index in [1.165, 1.54) is 0 Å². The molecule has 1 heterocycles. The molecule has 0 N–H and O–H groups in total. The molecule has 2 atom stereocenters. The summed E-state index contributed by atoms with van der Waals surface area (Å²) in [5.74, 6) is -0.228. The highest BCUT2D eigenvalue weighted by molar-refractivity contribution is 7.85. The van der Waals surface area contributed by atoms with Crippen LogP contribution in [0.5, 0.6) is 0 Å². The Bertz CT molecular complexity index is 344. The van der Waals surface area contributed by atoms with Crippen LogP contribution >= 0.6 is 0 Å². The molecule has 1 saturated heterocycles. The zero-order chi connectivity index (χ0) is 11.8. The molecule has 2 fully saturated rings. The maximum absolute atomic E-state index is 11.0. The van der Waals surface area contributed by atoms with Crippen LogP contribution in [0, 0.1) is 11.8 Å². The smallest absolute Gasteiger partial charge is 0.264 e. The summed E-state index contributed by atoms with van der Waals surface area (Å²) in [5.41, 5.74) is 0. The topological polar surface area (TPSA) is 61.8 Å². The quantitative estimate of drug-likeness (QED) is 0.692. The van der Waals surface area contributed by atoms with Crippen molar-refractivity contribution in [1.29, 1.82) is 0 Å². The van der Waals surface area contributed by atoms with Crippen molar-refractivity contribution < 1.29 is 22.1 Å². The summed E-state index contributed by atoms with van der Waals surface area (Å²) in [7, 11) is -3.39. The van der Waals surface area contributed by atoms with E-state index >= 15 is 0 Å². The Balaban J connectivity index is 2.05. The molecule has 6 heteroatoms. The lowest BCUT2D eigenvalue weighted by atomic mass is 9.95. The standard InChI is InChI=1S/C10H18O5S/c1-8-3-4-10(13-5-6-14-10)9(8)7-15-16(2,11)12/h8-9H,3-7H2,1-2H3. The summed E-state index contributed by atoms with van der Waals surface area (Å²) in [4.78, 5) is 0. The van der Waals surface area contributed by atoms with Crippen LogP contribution < -0.4 is 0 Å². The van der Waals surface area contributed by atoms with Gasteiger partial charge in [0.2, 0.25) is 0 Å². The largest absolute Gasteiger partial charge is 0.347 e. The molecular formula is C10H18O5S. The lowest BCUT2D eigenvalue weighted by molar-refractivity contribution is -0.190. The molecule has 0 bridgehead atoms. The van der Waals surface area contributed by atoms with Crippen molar-refractivity contribution in [3.8, 4) is 0 Å². The van der Waals surface area contributed by atoms with Crippen LogP contribution in [0.2, 0.25) is 0 Å². The second-order valence-electron chi connectivity index (χ2n) is 4.62. The minimum Gasteiger partial charge on any atom is -0.347 e. The molecule has 1 aliphatic heterocycles. The molecule has 0 aromatic rings. The molecule has 2 aliphatic rings. The maximum Gasteiger partial charge on any atom is 0.264 e. The molecule has 0 aromatic heterocycles. The number of rotatable bonds is 3. The fraction of sp³-hybridized carbons (Fsp3) is 1.00. The fourth-order valence-electron chi connectivity index (χ4n) is 2.57. The van der Waals surface area contributed by atoms with Crippen LogP contribution in [0.25, 0.3) is 0 Å². The zero-order valence-electron chi connectivity index (χ0n) is 9.64. The van der Waals surface area contributed by atoms with Crippen LogP contribution in [-0.4, -0.2) is 40.3 Å². The van der Waals surface area contributed by atoms with Gasteiger partial charge in [0.1, 0.15) is 0 Å². The van der Waals surface area contributed by atoms with Gasteiger partial charge in [0.05, 0.1) is 26.1 Å². The molecule has 2 rings (SSSR count). The van der Waals surface area contributed by atoms with E-state index < -0.39 is 15.9 Å². The average molecular weight is 250 g/mol. The van der Waals surface area contributed by atoms with E-state index in [1.54, 1.807) is 0 Å². The Kier molecular flexibility index (Phi) is 3.27. The van der Waals surface area contributed by atoms with Crippen molar-refractivity contribution in [2.24, 2.45) is 11.8 Å². The molecule has 16 heavy (non-hydrogen) atoms. The summed E-state index contributed by atoms with van der Waals surface area (Å²) >= 11 is 0. The van der Waals surface area contributed by atoms with Gasteiger partial charge in [0.15, 0.2) is 5.79 Å². The Morgan fingerprint density at radius 3 is 2.56 bits per heavy atom. The Morgan fingerprint density at radius 2 is 2.00 bits per heavy atom. The van der Waals surface area contributed by atoms with Crippen molar-refractivity contribution in [3.05, 3.63) is 0 Å². The third kappa shape index (κ3) is 2.40. The minimum atomic E-state index is -3.39. The Hall–Kier alpha value is -0.170. The van der Waals surface area contributed by atoms with Gasteiger partial charge in [-0.1, -0.05) is 6.92 Å². The van der Waals surface area contributed by atoms with Gasteiger partial charge in [-0.2, -0.15) is 8.42 Å². The first-order valence-electron chi connectivity index (χ1n) is 5.55. The van der Waals surface area contributed by atoms with Crippen molar-refractivity contribution in [2.75, 3.05) is 26.1 Å². The van der Waals surface area contributed by atoms with Crippen LogP contribution in [0.3, 0.4) is 0 Å². The van der Waals surface area contributed by atoms with E-state index in [2.05, 4.69) is 6.92 Å². The number of hydrogen-bond acceptors (Lipinski definition) is 5. The first-order chi connectivity index (χ1) is 7.43. The second kappa shape index (κ2) is 4.25. The summed E-state index contributed by atoms with van der Waals surface area (Å²) in [6.45, 7) is 3.40. The molecule has 1 saturated carbocycles. The predicted molar refractivity (Wildman–Crippen MR) is 57.3 cm³/mol. The first kappa shape index (κ1) is 12.3. The highest BCUT2D eigenvalue weighted by Crippen LogP contribution is 2.45. The van der Waals surface area contributed by atoms with Crippen molar-refractivity contribution in [3.63, 3.8) is 0 Å². The summed E-state index contributed by atoms with van der Waals surface area (Å²) < 4.78 is 38.2. The van der Waals surface area contributed by atoms with Gasteiger partial charge >= 0.3 is 0 Å². The number of ether oxygens (including phenoxy) is 2. The summed E-state index contributed by atoms with van der Waals surface area (Å²) in [6.07, 6.45) is 2.87. The fourth-order valence-corrected chi connectivity index (χ4v) is 2.96. The van der Waals surface area contributed by atoms with E-state index in [-0.39, 0.29) is 12.5 Å². The SMILES string of the molecule is CC1CCC2(OCCO2)C1COS(C)(=O)=O. The van der Waals surface area contributed by atoms with Gasteiger partial charge in [-0.3, -0.25) is 4.18 Å². The van der Waals surface area contributed by atoms with Gasteiger partial charge in [-0.05, 0) is 12.3 Å². The second-order valence-corrected chi connectivity index (χ2v) is 6.26. The highest BCUT2D eigenvalue weighted by Gasteiger charge is 2.51. The zero-order valence-corrected chi connectivity index (χ0v) is 10.5. The monoisotopic (exact) mass is 250 g/mol. The molecule has 94 valence electrons. The summed E-state index contributed by atoms with van der Waals surface area (Å²) in [6, 6.07) is 0. The molecule has 0 aromatic carbocycles. The van der Waals surface area contributed by atoms with Crippen LogP contribution in [0.15, 0.2) is 0 Å². The van der Waals surface area contributed by atoms with Crippen molar-refractivity contribution in [1.82, 2.24) is 0 Å². The molecule has 0 radical (unpaired) electrons. The number of hydrogen-bond donors (Lipinski definition) is 0. The van der Waals surface area contributed by atoms with Gasteiger partial charge in [-0.25, -0.2) is 0 Å². The lowest BCUT2D eigenvalue weighted by Gasteiger charge is -2.30. The minimum absolute atomic E-state index is 0.00437. The van der Waals surface area contributed by atoms with E-state index in [0.29, 0.717) is 19.1 Å². The van der Waals surface area contributed by atoms with E-state index in [9.17, 15) is 8.42 Å². The van der Waals surface area contributed by atoms with Crippen molar-refractivity contribution in [2.45, 2.75) is 25.6 Å². The van der Waals surface area contributed by atoms with Crippen LogP contribution in [-0.2, 0) is 23.8 Å². The summed E-state index contributed by atoms with van der Waals surface area (Å²) in [5, 5.41) is 0. The lowest BCUT2D eigenvalue weighted by Crippen LogP contribution is -2.39. The van der Waals surface area contributed by atoms with Crippen LogP contribution in [0.1, 0.15) is 19.8 Å². The first-order valence-corrected chi connectivity index (χ1v) is 7.37. The Labute approximate surface area is 96.2 Å². The normalized spacial score (nSPS) is 33.6. The predicted octanol–water partition coefficient (Wildman–Crippen LogP) is 0.752. The molecule has 1 aliphatic carbocycles. The van der Waals surface area contributed by atoms with E-state index in [0.717, 1.165) is 19.1 Å². The third-order valence-corrected chi connectivity index (χ3v) is 4.00. The van der Waals surface area contributed by atoms with Gasteiger partial charge in [0.25, 0.3) is 10.1 Å². The van der Waals surface area contributed by atoms with Crippen LogP contribution in [0.4, 0.5) is 0 Å². The highest BCUT2D eigenvalue weighted by atomic mass is 32.2. The molecule has 2 unspecified atom stereocenters. The van der Waals surface area contributed by atoms with Crippen molar-refractivity contribution >= 4 is 10.1 Å². The molecule has 1 spiro atoms. The van der Waals surface area contributed by atoms with Gasteiger partial charge < -0.3 is 9.47 Å². The van der Waals surface area contributed by atoms with E-state index in [1.807, 2.05) is 0 Å². The average Bonchev–Trinajstić information content (AvgIpc) is 2.73. The maximum atomic E-state index is 11.0. The molecular weight excluding hydrogens is 232 g/mol. The molecule has 5 nitrogen and oxygen atoms in total.